The van der Waals surface area contributed by atoms with Gasteiger partial charge < -0.3 is 10.2 Å². The molecule has 1 saturated heterocycles. The van der Waals surface area contributed by atoms with E-state index in [1.54, 1.807) is 24.0 Å². The molecule has 0 saturated carbocycles. The third-order valence-electron chi connectivity index (χ3n) is 4.80. The molecule has 130 valence electrons. The van der Waals surface area contributed by atoms with Crippen LogP contribution in [0.2, 0.25) is 0 Å². The summed E-state index contributed by atoms with van der Waals surface area (Å²) in [6.45, 7) is 5.97. The van der Waals surface area contributed by atoms with E-state index < -0.39 is 5.92 Å². The summed E-state index contributed by atoms with van der Waals surface area (Å²) < 4.78 is 13.6. The summed E-state index contributed by atoms with van der Waals surface area (Å²) in [4.78, 5) is 26.5. The van der Waals surface area contributed by atoms with Gasteiger partial charge in [0.2, 0.25) is 11.8 Å². The van der Waals surface area contributed by atoms with Crippen LogP contribution in [0.1, 0.15) is 23.1 Å². The first-order valence-electron chi connectivity index (χ1n) is 8.30. The van der Waals surface area contributed by atoms with E-state index in [-0.39, 0.29) is 24.1 Å². The maximum atomic E-state index is 13.6. The number of amides is 2. The summed E-state index contributed by atoms with van der Waals surface area (Å²) in [5.74, 6) is -1.14. The topological polar surface area (TPSA) is 49.4 Å². The Morgan fingerprint density at radius 3 is 2.64 bits per heavy atom. The number of nitrogens with zero attached hydrogens (tertiary/aromatic N) is 1. The van der Waals surface area contributed by atoms with Gasteiger partial charge in [0.25, 0.3) is 0 Å². The standard InChI is InChI=1S/C20H21FN2O2/c1-12-5-4-6-18(14(12)3)23-11-15(9-19(23)24)20(25)22-16-8-7-13(2)17(21)10-16/h4-8,10,15H,9,11H2,1-3H3,(H,22,25)/t15-/m0/s1. The van der Waals surface area contributed by atoms with E-state index in [0.717, 1.165) is 16.8 Å². The van der Waals surface area contributed by atoms with Crippen molar-refractivity contribution in [2.75, 3.05) is 16.8 Å². The molecule has 2 amide bonds. The van der Waals surface area contributed by atoms with Crippen LogP contribution >= 0.6 is 0 Å². The third kappa shape index (κ3) is 3.40. The van der Waals surface area contributed by atoms with Crippen LogP contribution in [0.4, 0.5) is 15.8 Å². The van der Waals surface area contributed by atoms with Crippen LogP contribution < -0.4 is 10.2 Å². The van der Waals surface area contributed by atoms with E-state index in [9.17, 15) is 14.0 Å². The number of benzene rings is 2. The van der Waals surface area contributed by atoms with E-state index in [2.05, 4.69) is 5.32 Å². The molecule has 1 fully saturated rings. The Morgan fingerprint density at radius 1 is 1.16 bits per heavy atom. The molecule has 2 aromatic rings. The van der Waals surface area contributed by atoms with Crippen molar-refractivity contribution in [3.8, 4) is 0 Å². The van der Waals surface area contributed by atoms with Crippen molar-refractivity contribution in [2.45, 2.75) is 27.2 Å². The molecule has 1 aliphatic rings. The number of nitrogens with one attached hydrogen (secondary N) is 1. The van der Waals surface area contributed by atoms with Gasteiger partial charge in [-0.25, -0.2) is 4.39 Å². The number of halogens is 1. The van der Waals surface area contributed by atoms with Crippen molar-refractivity contribution < 1.29 is 14.0 Å². The fourth-order valence-corrected chi connectivity index (χ4v) is 3.06. The highest BCUT2D eigenvalue weighted by molar-refractivity contribution is 6.03. The second-order valence-corrected chi connectivity index (χ2v) is 6.58. The minimum absolute atomic E-state index is 0.0658. The zero-order valence-corrected chi connectivity index (χ0v) is 14.6. The zero-order valence-electron chi connectivity index (χ0n) is 14.6. The van der Waals surface area contributed by atoms with Gasteiger partial charge in [0.15, 0.2) is 0 Å². The van der Waals surface area contributed by atoms with E-state index in [4.69, 9.17) is 0 Å². The van der Waals surface area contributed by atoms with Gasteiger partial charge >= 0.3 is 0 Å². The molecule has 0 aromatic heterocycles. The maximum absolute atomic E-state index is 13.6. The zero-order chi connectivity index (χ0) is 18.1. The van der Waals surface area contributed by atoms with E-state index >= 15 is 0 Å². The van der Waals surface area contributed by atoms with Gasteiger partial charge in [-0.3, -0.25) is 9.59 Å². The quantitative estimate of drug-likeness (QED) is 0.925. The van der Waals surface area contributed by atoms with Crippen LogP contribution in [0.25, 0.3) is 0 Å². The van der Waals surface area contributed by atoms with Gasteiger partial charge in [-0.1, -0.05) is 18.2 Å². The molecular weight excluding hydrogens is 319 g/mol. The van der Waals surface area contributed by atoms with Crippen molar-refractivity contribution in [3.63, 3.8) is 0 Å². The third-order valence-corrected chi connectivity index (χ3v) is 4.80. The number of aryl methyl sites for hydroxylation is 2. The predicted molar refractivity (Wildman–Crippen MR) is 96.1 cm³/mol. The van der Waals surface area contributed by atoms with Crippen LogP contribution in [-0.2, 0) is 9.59 Å². The first-order chi connectivity index (χ1) is 11.9. The van der Waals surface area contributed by atoms with Gasteiger partial charge in [0, 0.05) is 24.3 Å². The molecule has 4 nitrogen and oxygen atoms in total. The van der Waals surface area contributed by atoms with Gasteiger partial charge in [-0.15, -0.1) is 0 Å². The number of hydrogen-bond acceptors (Lipinski definition) is 2. The second-order valence-electron chi connectivity index (χ2n) is 6.58. The minimum atomic E-state index is -0.447. The van der Waals surface area contributed by atoms with Crippen LogP contribution in [0.3, 0.4) is 0 Å². The fraction of sp³-hybridized carbons (Fsp3) is 0.300. The molecule has 1 aliphatic heterocycles. The normalized spacial score (nSPS) is 17.0. The molecule has 5 heteroatoms. The number of hydrogen-bond donors (Lipinski definition) is 1. The average molecular weight is 340 g/mol. The van der Waals surface area contributed by atoms with Crippen molar-refractivity contribution in [1.29, 1.82) is 0 Å². The Bertz CT molecular complexity index is 848. The molecule has 25 heavy (non-hydrogen) atoms. The highest BCUT2D eigenvalue weighted by Gasteiger charge is 2.35. The lowest BCUT2D eigenvalue weighted by Crippen LogP contribution is -2.28. The Balaban J connectivity index is 1.74. The second kappa shape index (κ2) is 6.67. The number of carbonyl (C=O) groups excluding carboxylic acids is 2. The van der Waals surface area contributed by atoms with Crippen LogP contribution in [-0.4, -0.2) is 18.4 Å². The first kappa shape index (κ1) is 17.1. The van der Waals surface area contributed by atoms with Gasteiger partial charge in [0.1, 0.15) is 5.82 Å². The lowest BCUT2D eigenvalue weighted by atomic mass is 10.1. The first-order valence-corrected chi connectivity index (χ1v) is 8.30. The smallest absolute Gasteiger partial charge is 0.229 e. The van der Waals surface area contributed by atoms with Crippen molar-refractivity contribution in [2.24, 2.45) is 5.92 Å². The molecular formula is C20H21FN2O2. The van der Waals surface area contributed by atoms with Gasteiger partial charge in [0.05, 0.1) is 5.92 Å². The molecule has 1 heterocycles. The van der Waals surface area contributed by atoms with Crippen molar-refractivity contribution in [3.05, 3.63) is 58.9 Å². The lowest BCUT2D eigenvalue weighted by molar-refractivity contribution is -0.122. The fourth-order valence-electron chi connectivity index (χ4n) is 3.06. The van der Waals surface area contributed by atoms with Gasteiger partial charge in [-0.05, 0) is 55.7 Å². The summed E-state index contributed by atoms with van der Waals surface area (Å²) in [5, 5.41) is 2.71. The van der Waals surface area contributed by atoms with Crippen LogP contribution in [0, 0.1) is 32.5 Å². The molecule has 0 bridgehead atoms. The summed E-state index contributed by atoms with van der Waals surface area (Å²) in [6.07, 6.45) is 0.160. The SMILES string of the molecule is Cc1ccc(NC(=O)[C@H]2CC(=O)N(c3cccc(C)c3C)C2)cc1F. The molecule has 0 aliphatic carbocycles. The van der Waals surface area contributed by atoms with E-state index in [0.29, 0.717) is 17.8 Å². The monoisotopic (exact) mass is 340 g/mol. The Hall–Kier alpha value is -2.69. The van der Waals surface area contributed by atoms with Crippen LogP contribution in [0.15, 0.2) is 36.4 Å². The Labute approximate surface area is 146 Å². The Morgan fingerprint density at radius 2 is 1.92 bits per heavy atom. The molecule has 2 aromatic carbocycles. The van der Waals surface area contributed by atoms with E-state index in [1.807, 2.05) is 32.0 Å². The number of rotatable bonds is 3. The highest BCUT2D eigenvalue weighted by atomic mass is 19.1. The number of anilines is 2. The van der Waals surface area contributed by atoms with Crippen molar-refractivity contribution in [1.82, 2.24) is 0 Å². The molecule has 3 rings (SSSR count). The summed E-state index contributed by atoms with van der Waals surface area (Å²) in [5.41, 5.74) is 3.92. The molecule has 0 unspecified atom stereocenters. The average Bonchev–Trinajstić information content (AvgIpc) is 2.95. The molecule has 1 N–H and O–H groups in total. The summed E-state index contributed by atoms with van der Waals surface area (Å²) in [7, 11) is 0. The highest BCUT2D eigenvalue weighted by Crippen LogP contribution is 2.30. The predicted octanol–water partition coefficient (Wildman–Crippen LogP) is 3.74. The van der Waals surface area contributed by atoms with Crippen molar-refractivity contribution >= 4 is 23.2 Å². The van der Waals surface area contributed by atoms with Crippen LogP contribution in [0.5, 0.6) is 0 Å². The molecule has 0 spiro atoms. The van der Waals surface area contributed by atoms with E-state index in [1.165, 1.54) is 6.07 Å². The Kier molecular flexibility index (Phi) is 4.57. The number of carbonyl (C=O) groups is 2. The lowest BCUT2D eigenvalue weighted by Gasteiger charge is -2.20. The molecule has 1 atom stereocenters. The molecule has 0 radical (unpaired) electrons. The van der Waals surface area contributed by atoms with Gasteiger partial charge in [-0.2, -0.15) is 0 Å². The largest absolute Gasteiger partial charge is 0.326 e. The summed E-state index contributed by atoms with van der Waals surface area (Å²) in [6, 6.07) is 10.4. The summed E-state index contributed by atoms with van der Waals surface area (Å²) >= 11 is 0. The maximum Gasteiger partial charge on any atom is 0.229 e. The minimum Gasteiger partial charge on any atom is -0.326 e.